The zero-order valence-electron chi connectivity index (χ0n) is 12.5. The Labute approximate surface area is 130 Å². The van der Waals surface area contributed by atoms with Crippen LogP contribution in [0.2, 0.25) is 0 Å². The maximum absolute atomic E-state index is 11.6. The zero-order chi connectivity index (χ0) is 15.6. The summed E-state index contributed by atoms with van der Waals surface area (Å²) in [4.78, 5) is 10.8. The van der Waals surface area contributed by atoms with Crippen LogP contribution >= 0.6 is 0 Å². The van der Waals surface area contributed by atoms with Crippen molar-refractivity contribution in [3.63, 3.8) is 0 Å². The fourth-order valence-corrected chi connectivity index (χ4v) is 4.53. The fourth-order valence-electron chi connectivity index (χ4n) is 2.77. The van der Waals surface area contributed by atoms with E-state index < -0.39 is 9.84 Å². The molecule has 1 unspecified atom stereocenters. The van der Waals surface area contributed by atoms with Crippen LogP contribution in [0.1, 0.15) is 18.9 Å². The largest absolute Gasteiger partial charge is 0.461 e. The molecular formula is C15H19N3O3S. The van der Waals surface area contributed by atoms with Crippen molar-refractivity contribution in [2.45, 2.75) is 25.9 Å². The second-order valence-electron chi connectivity index (χ2n) is 5.51. The molecule has 0 saturated carbocycles. The lowest BCUT2D eigenvalue weighted by molar-refractivity contribution is 0.214. The number of furan rings is 1. The van der Waals surface area contributed by atoms with Gasteiger partial charge in [-0.05, 0) is 25.1 Å². The average molecular weight is 321 g/mol. The first-order chi connectivity index (χ1) is 10.6. The van der Waals surface area contributed by atoms with Crippen LogP contribution in [-0.4, -0.2) is 47.4 Å². The van der Waals surface area contributed by atoms with E-state index >= 15 is 0 Å². The van der Waals surface area contributed by atoms with Gasteiger partial charge in [0.15, 0.2) is 21.4 Å². The quantitative estimate of drug-likeness (QED) is 0.835. The minimum atomic E-state index is -2.86. The Hall–Kier alpha value is -1.73. The molecule has 1 aliphatic heterocycles. The first-order valence-electron chi connectivity index (χ1n) is 7.36. The molecule has 2 aromatic rings. The molecular weight excluding hydrogens is 302 g/mol. The van der Waals surface area contributed by atoms with Crippen molar-refractivity contribution in [3.8, 4) is 11.6 Å². The third-order valence-corrected chi connectivity index (χ3v) is 5.71. The zero-order valence-corrected chi connectivity index (χ0v) is 13.3. The predicted molar refractivity (Wildman–Crippen MR) is 82.9 cm³/mol. The molecule has 1 saturated heterocycles. The lowest BCUT2D eigenvalue weighted by Crippen LogP contribution is -2.35. The average Bonchev–Trinajstić information content (AvgIpc) is 3.15. The van der Waals surface area contributed by atoms with Crippen LogP contribution in [0.4, 0.5) is 0 Å². The van der Waals surface area contributed by atoms with Crippen molar-refractivity contribution in [3.05, 3.63) is 36.4 Å². The molecule has 6 nitrogen and oxygen atoms in total. The molecule has 3 heterocycles. The molecule has 0 bridgehead atoms. The van der Waals surface area contributed by atoms with Crippen LogP contribution in [0.15, 0.2) is 35.2 Å². The Balaban J connectivity index is 1.69. The van der Waals surface area contributed by atoms with Crippen molar-refractivity contribution >= 4 is 9.84 Å². The number of aromatic nitrogens is 2. The van der Waals surface area contributed by atoms with Gasteiger partial charge in [0.25, 0.3) is 0 Å². The molecule has 1 atom stereocenters. The van der Waals surface area contributed by atoms with E-state index in [-0.39, 0.29) is 11.8 Å². The lowest BCUT2D eigenvalue weighted by atomic mass is 10.2. The van der Waals surface area contributed by atoms with E-state index in [0.29, 0.717) is 30.3 Å². The lowest BCUT2D eigenvalue weighted by Gasteiger charge is -2.26. The molecule has 0 aliphatic carbocycles. The van der Waals surface area contributed by atoms with Crippen LogP contribution in [0, 0.1) is 0 Å². The summed E-state index contributed by atoms with van der Waals surface area (Å²) in [5.41, 5.74) is 0.974. The van der Waals surface area contributed by atoms with Crippen LogP contribution in [-0.2, 0) is 16.4 Å². The Bertz CT molecular complexity index is 711. The molecule has 0 N–H and O–H groups in total. The molecule has 3 rings (SSSR count). The summed E-state index contributed by atoms with van der Waals surface area (Å²) < 4.78 is 28.5. The van der Waals surface area contributed by atoms with Crippen molar-refractivity contribution in [1.82, 2.24) is 14.9 Å². The first-order valence-corrected chi connectivity index (χ1v) is 9.19. The number of hydrogen-bond acceptors (Lipinski definition) is 6. The summed E-state index contributed by atoms with van der Waals surface area (Å²) in [5, 5.41) is 0. The monoisotopic (exact) mass is 321 g/mol. The second-order valence-corrected chi connectivity index (χ2v) is 7.74. The van der Waals surface area contributed by atoms with Crippen LogP contribution < -0.4 is 0 Å². The summed E-state index contributed by atoms with van der Waals surface area (Å²) in [6, 6.07) is 3.71. The Morgan fingerprint density at radius 3 is 2.68 bits per heavy atom. The molecule has 1 fully saturated rings. The molecule has 0 radical (unpaired) electrons. The van der Waals surface area contributed by atoms with Crippen molar-refractivity contribution in [2.75, 3.05) is 18.1 Å². The predicted octanol–water partition coefficient (Wildman–Crippen LogP) is 1.75. The molecule has 0 aromatic carbocycles. The molecule has 118 valence electrons. The SMILES string of the molecule is CCN(Cc1cnc(-c2ccco2)nc1)C1CCS(=O)(=O)C1. The van der Waals surface area contributed by atoms with Crippen LogP contribution in [0.3, 0.4) is 0 Å². The summed E-state index contributed by atoms with van der Waals surface area (Å²) in [6.07, 6.45) is 5.85. The minimum absolute atomic E-state index is 0.0970. The molecule has 7 heteroatoms. The van der Waals surface area contributed by atoms with Gasteiger partial charge in [-0.2, -0.15) is 0 Å². The van der Waals surface area contributed by atoms with Crippen LogP contribution in [0.25, 0.3) is 11.6 Å². The summed E-state index contributed by atoms with van der Waals surface area (Å²) >= 11 is 0. The van der Waals surface area contributed by atoms with E-state index in [4.69, 9.17) is 4.42 Å². The topological polar surface area (TPSA) is 76.3 Å². The van der Waals surface area contributed by atoms with Gasteiger partial charge in [0.05, 0.1) is 17.8 Å². The standard InChI is InChI=1S/C15H19N3O3S/c1-2-18(13-5-7-22(19,20)11-13)10-12-8-16-15(17-9-12)14-4-3-6-21-14/h3-4,6,8-9,13H,2,5,7,10-11H2,1H3. The summed E-state index contributed by atoms with van der Waals surface area (Å²) in [7, 11) is -2.86. The maximum Gasteiger partial charge on any atom is 0.195 e. The van der Waals surface area contributed by atoms with Gasteiger partial charge in [-0.1, -0.05) is 6.92 Å². The third-order valence-electron chi connectivity index (χ3n) is 3.96. The van der Waals surface area contributed by atoms with Gasteiger partial charge < -0.3 is 4.42 Å². The maximum atomic E-state index is 11.6. The van der Waals surface area contributed by atoms with E-state index in [2.05, 4.69) is 14.9 Å². The van der Waals surface area contributed by atoms with Gasteiger partial charge in [-0.25, -0.2) is 18.4 Å². The fraction of sp³-hybridized carbons (Fsp3) is 0.467. The van der Waals surface area contributed by atoms with E-state index in [0.717, 1.165) is 12.1 Å². The Morgan fingerprint density at radius 2 is 2.14 bits per heavy atom. The number of nitrogens with zero attached hydrogens (tertiary/aromatic N) is 3. The third kappa shape index (κ3) is 3.36. The summed E-state index contributed by atoms with van der Waals surface area (Å²) in [5.74, 6) is 1.75. The molecule has 2 aromatic heterocycles. The molecule has 1 aliphatic rings. The highest BCUT2D eigenvalue weighted by molar-refractivity contribution is 7.91. The number of sulfone groups is 1. The molecule has 0 amide bonds. The van der Waals surface area contributed by atoms with Crippen molar-refractivity contribution < 1.29 is 12.8 Å². The molecule has 0 spiro atoms. The summed E-state index contributed by atoms with van der Waals surface area (Å²) in [6.45, 7) is 3.51. The van der Waals surface area contributed by atoms with E-state index in [9.17, 15) is 8.42 Å². The highest BCUT2D eigenvalue weighted by Crippen LogP contribution is 2.20. The van der Waals surface area contributed by atoms with Gasteiger partial charge in [-0.3, -0.25) is 4.90 Å². The van der Waals surface area contributed by atoms with E-state index in [1.54, 1.807) is 24.7 Å². The molecule has 22 heavy (non-hydrogen) atoms. The van der Waals surface area contributed by atoms with Crippen LogP contribution in [0.5, 0.6) is 0 Å². The second kappa shape index (κ2) is 6.18. The highest BCUT2D eigenvalue weighted by atomic mass is 32.2. The van der Waals surface area contributed by atoms with E-state index in [1.807, 2.05) is 13.0 Å². The Kier molecular flexibility index (Phi) is 4.26. The number of rotatable bonds is 5. The highest BCUT2D eigenvalue weighted by Gasteiger charge is 2.31. The minimum Gasteiger partial charge on any atom is -0.461 e. The van der Waals surface area contributed by atoms with Crippen molar-refractivity contribution in [2.24, 2.45) is 0 Å². The van der Waals surface area contributed by atoms with Gasteiger partial charge in [0, 0.05) is 30.5 Å². The Morgan fingerprint density at radius 1 is 1.36 bits per heavy atom. The normalized spacial score (nSPS) is 20.5. The van der Waals surface area contributed by atoms with Crippen molar-refractivity contribution in [1.29, 1.82) is 0 Å². The van der Waals surface area contributed by atoms with Gasteiger partial charge in [-0.15, -0.1) is 0 Å². The van der Waals surface area contributed by atoms with Gasteiger partial charge in [0.2, 0.25) is 0 Å². The van der Waals surface area contributed by atoms with E-state index in [1.165, 1.54) is 0 Å². The number of hydrogen-bond donors (Lipinski definition) is 0. The first kappa shape index (κ1) is 15.2. The smallest absolute Gasteiger partial charge is 0.195 e. The van der Waals surface area contributed by atoms with Gasteiger partial charge in [0.1, 0.15) is 0 Å². The van der Waals surface area contributed by atoms with Gasteiger partial charge >= 0.3 is 0 Å².